The van der Waals surface area contributed by atoms with E-state index in [1.54, 1.807) is 12.4 Å². The first-order valence-corrected chi connectivity index (χ1v) is 13.5. The Kier molecular flexibility index (Phi) is 9.02. The number of nitrogens with one attached hydrogen (secondary N) is 1. The first-order chi connectivity index (χ1) is 17.4. The molecule has 3 heterocycles. The predicted molar refractivity (Wildman–Crippen MR) is 135 cm³/mol. The maximum absolute atomic E-state index is 8.44. The van der Waals surface area contributed by atoms with Crippen molar-refractivity contribution in [1.82, 2.24) is 25.0 Å². The second-order valence-electron chi connectivity index (χ2n) is 8.30. The molecule has 0 amide bonds. The fourth-order valence-electron chi connectivity index (χ4n) is 3.40. The lowest BCUT2D eigenvalue weighted by Crippen LogP contribution is -2.23. The highest BCUT2D eigenvalue weighted by Crippen LogP contribution is 2.46. The number of H-pyrrole nitrogens is 1. The number of fused-ring (bicyclic) bond motifs is 1. The minimum atomic E-state index is -1.65. The Balaban J connectivity index is 1.35. The Morgan fingerprint density at radius 1 is 1.31 bits per heavy atom. The van der Waals surface area contributed by atoms with E-state index in [0.29, 0.717) is 18.8 Å². The van der Waals surface area contributed by atoms with Gasteiger partial charge in [0.2, 0.25) is 0 Å². The maximum Gasteiger partial charge on any atom is 0.397 e. The molecule has 12 heteroatoms. The fraction of sp³-hybridized carbons (Fsp3) is 0.522. The molecule has 3 aromatic rings. The molecular weight excluding hydrogens is 489 g/mol. The van der Waals surface area contributed by atoms with E-state index >= 15 is 0 Å². The monoisotopic (exact) mass is 522 g/mol. The number of aromatic amines is 1. The molecule has 0 saturated heterocycles. The third-order valence-electron chi connectivity index (χ3n) is 5.15. The largest absolute Gasteiger partial charge is 0.429 e. The standard InChI is InChI=1S/C23H32N5O5PS/c1-5-29-34(32-17(4)12-23-24-10-11-25-23)33-21-13-20(16(2)3)31-22(21)14-30-35-15-28-19-9-7-6-8-18(19)26-27-28/h6-11,13,16-17,20,22H,5,12,14-15H2,1-4H3,(H,24,25)/t17-,20+,22+,34?/m0/s1/i15D/t15?,17-,20+,22+,34?. The van der Waals surface area contributed by atoms with Gasteiger partial charge in [-0.3, -0.25) is 4.52 Å². The summed E-state index contributed by atoms with van der Waals surface area (Å²) in [5.41, 5.74) is 1.51. The third kappa shape index (κ3) is 7.25. The molecule has 1 aliphatic heterocycles. The van der Waals surface area contributed by atoms with Crippen molar-refractivity contribution in [3.8, 4) is 0 Å². The SMILES string of the molecule is [2H]C(SOC[C@H]1O[C@@H](C(C)C)C=C1OP(OCC)O[C@@H](C)Cc1ncc[nH]1)n1nnc2ccccc21. The zero-order chi connectivity index (χ0) is 25.5. The Hall–Kier alpha value is -2.01. The summed E-state index contributed by atoms with van der Waals surface area (Å²) in [6.07, 6.45) is 5.34. The summed E-state index contributed by atoms with van der Waals surface area (Å²) >= 11 is 0.986. The van der Waals surface area contributed by atoms with Gasteiger partial charge in [0.25, 0.3) is 0 Å². The molecule has 0 spiro atoms. The van der Waals surface area contributed by atoms with Crippen molar-refractivity contribution in [2.45, 2.75) is 58.3 Å². The smallest absolute Gasteiger partial charge is 0.397 e. The minimum absolute atomic E-state index is 0.122. The highest BCUT2D eigenvalue weighted by Gasteiger charge is 2.34. The van der Waals surface area contributed by atoms with Gasteiger partial charge in [0.15, 0.2) is 0 Å². The van der Waals surface area contributed by atoms with Gasteiger partial charge >= 0.3 is 8.60 Å². The second-order valence-corrected chi connectivity index (χ2v) is 10.0. The van der Waals surface area contributed by atoms with Crippen LogP contribution < -0.4 is 0 Å². The van der Waals surface area contributed by atoms with Crippen LogP contribution in [0.2, 0.25) is 0 Å². The average Bonchev–Trinajstić information content (AvgIpc) is 3.59. The number of para-hydroxylation sites is 1. The third-order valence-corrected chi connectivity index (χ3v) is 7.07. The zero-order valence-corrected chi connectivity index (χ0v) is 21.9. The van der Waals surface area contributed by atoms with Crippen molar-refractivity contribution >= 4 is 31.7 Å². The first-order valence-electron chi connectivity index (χ1n) is 12.2. The topological polar surface area (TPSA) is 106 Å². The number of hydrogen-bond acceptors (Lipinski definition) is 9. The summed E-state index contributed by atoms with van der Waals surface area (Å²) < 4.78 is 40.0. The van der Waals surface area contributed by atoms with Crippen LogP contribution in [-0.4, -0.2) is 56.5 Å². The van der Waals surface area contributed by atoms with Crippen LogP contribution in [-0.2, 0) is 34.8 Å². The van der Waals surface area contributed by atoms with Crippen LogP contribution in [0.15, 0.2) is 48.5 Å². The van der Waals surface area contributed by atoms with E-state index in [1.807, 2.05) is 44.2 Å². The Bertz CT molecular complexity index is 1120. The molecule has 1 N–H and O–H groups in total. The molecule has 0 radical (unpaired) electrons. The molecule has 0 fully saturated rings. The maximum atomic E-state index is 8.44. The Labute approximate surface area is 212 Å². The van der Waals surface area contributed by atoms with E-state index in [4.69, 9.17) is 23.9 Å². The van der Waals surface area contributed by atoms with Crippen LogP contribution in [0.4, 0.5) is 0 Å². The number of imidazole rings is 1. The molecule has 10 nitrogen and oxygen atoms in total. The number of aromatic nitrogens is 5. The van der Waals surface area contributed by atoms with Gasteiger partial charge in [-0.1, -0.05) is 31.2 Å². The summed E-state index contributed by atoms with van der Waals surface area (Å²) in [4.78, 5) is 7.33. The Morgan fingerprint density at radius 2 is 2.17 bits per heavy atom. The first kappa shape index (κ1) is 24.7. The molecule has 5 atom stereocenters. The van der Waals surface area contributed by atoms with Crippen molar-refractivity contribution in [3.63, 3.8) is 0 Å². The van der Waals surface area contributed by atoms with Crippen molar-refractivity contribution in [1.29, 1.82) is 0 Å². The lowest BCUT2D eigenvalue weighted by molar-refractivity contribution is -0.00165. The van der Waals surface area contributed by atoms with Gasteiger partial charge in [0.1, 0.15) is 29.1 Å². The van der Waals surface area contributed by atoms with Gasteiger partial charge in [-0.2, -0.15) is 0 Å². The summed E-state index contributed by atoms with van der Waals surface area (Å²) in [5.74, 6) is 0.889. The molecule has 190 valence electrons. The number of rotatable bonds is 14. The Morgan fingerprint density at radius 3 is 2.94 bits per heavy atom. The number of nitrogens with zero attached hydrogens (tertiary/aromatic N) is 4. The van der Waals surface area contributed by atoms with Crippen LogP contribution in [0.25, 0.3) is 11.0 Å². The summed E-state index contributed by atoms with van der Waals surface area (Å²) in [5, 5.41) is 8.19. The van der Waals surface area contributed by atoms with Crippen LogP contribution in [0.1, 0.15) is 34.9 Å². The molecule has 2 unspecified atom stereocenters. The van der Waals surface area contributed by atoms with Crippen molar-refractivity contribution in [2.75, 3.05) is 13.2 Å². The number of benzene rings is 1. The molecule has 4 rings (SSSR count). The molecular formula is C23H32N5O5PS. The van der Waals surface area contributed by atoms with Crippen molar-refractivity contribution in [3.05, 3.63) is 54.3 Å². The highest BCUT2D eigenvalue weighted by molar-refractivity contribution is 7.93. The normalized spacial score (nSPS) is 21.2. The van der Waals surface area contributed by atoms with Gasteiger partial charge in [-0.25, -0.2) is 9.67 Å². The van der Waals surface area contributed by atoms with Gasteiger partial charge in [0.05, 0.1) is 32.3 Å². The van der Waals surface area contributed by atoms with Crippen LogP contribution in [0, 0.1) is 5.92 Å². The van der Waals surface area contributed by atoms with Gasteiger partial charge in [-0.05, 0) is 38.0 Å². The molecule has 0 bridgehead atoms. The lowest BCUT2D eigenvalue weighted by Gasteiger charge is -2.23. The number of hydrogen-bond donors (Lipinski definition) is 1. The molecule has 0 saturated carbocycles. The highest BCUT2D eigenvalue weighted by atomic mass is 32.2. The van der Waals surface area contributed by atoms with Gasteiger partial charge in [0, 0.05) is 30.9 Å². The lowest BCUT2D eigenvalue weighted by atomic mass is 10.1. The number of ether oxygens (including phenoxy) is 1. The minimum Gasteiger partial charge on any atom is -0.429 e. The molecule has 1 aromatic carbocycles. The van der Waals surface area contributed by atoms with E-state index in [1.165, 1.54) is 4.68 Å². The van der Waals surface area contributed by atoms with E-state index in [-0.39, 0.29) is 24.7 Å². The van der Waals surface area contributed by atoms with Crippen LogP contribution >= 0.6 is 20.6 Å². The van der Waals surface area contributed by atoms with Crippen molar-refractivity contribution in [2.24, 2.45) is 5.92 Å². The predicted octanol–water partition coefficient (Wildman–Crippen LogP) is 5.01. The fourth-order valence-corrected chi connectivity index (χ4v) is 4.99. The van der Waals surface area contributed by atoms with Crippen molar-refractivity contribution < 1.29 is 23.9 Å². The molecule has 1 aliphatic rings. The van der Waals surface area contributed by atoms with Crippen LogP contribution in [0.3, 0.4) is 0 Å². The summed E-state index contributed by atoms with van der Waals surface area (Å²) in [6, 6.07) is 7.51. The van der Waals surface area contributed by atoms with Crippen LogP contribution in [0.5, 0.6) is 0 Å². The quantitative estimate of drug-likeness (QED) is 0.231. The van der Waals surface area contributed by atoms with Gasteiger partial charge in [-0.15, -0.1) is 5.10 Å². The molecule has 2 aromatic heterocycles. The summed E-state index contributed by atoms with van der Waals surface area (Å²) in [7, 11) is -1.65. The summed E-state index contributed by atoms with van der Waals surface area (Å²) in [6.45, 7) is 8.66. The second kappa shape index (κ2) is 12.8. The van der Waals surface area contributed by atoms with E-state index in [0.717, 1.165) is 28.9 Å². The van der Waals surface area contributed by atoms with Gasteiger partial charge < -0.3 is 23.0 Å². The van der Waals surface area contributed by atoms with E-state index in [9.17, 15) is 0 Å². The zero-order valence-electron chi connectivity index (χ0n) is 21.2. The molecule has 35 heavy (non-hydrogen) atoms. The average molecular weight is 523 g/mol. The molecule has 0 aliphatic carbocycles. The van der Waals surface area contributed by atoms with E-state index < -0.39 is 20.6 Å². The van der Waals surface area contributed by atoms with E-state index in [2.05, 4.69) is 34.1 Å².